The Kier molecular flexibility index (Phi) is 5.38. The van der Waals surface area contributed by atoms with Gasteiger partial charge < -0.3 is 5.11 Å². The number of aliphatic carboxylic acids is 1. The van der Waals surface area contributed by atoms with E-state index in [9.17, 15) is 9.90 Å². The molecule has 0 aliphatic heterocycles. The molecular formula is C14H24N2O2. The Hall–Kier alpha value is -1.32. The molecule has 1 rings (SSSR count). The number of hydrogen-bond acceptors (Lipinski definition) is 2. The summed E-state index contributed by atoms with van der Waals surface area (Å²) < 4.78 is 1.93. The lowest BCUT2D eigenvalue weighted by Crippen LogP contribution is -2.20. The predicted molar refractivity (Wildman–Crippen MR) is 71.6 cm³/mol. The maximum Gasteiger partial charge on any atom is 0.306 e. The highest BCUT2D eigenvalue weighted by molar-refractivity contribution is 5.70. The molecule has 4 nitrogen and oxygen atoms in total. The smallest absolute Gasteiger partial charge is 0.306 e. The van der Waals surface area contributed by atoms with Gasteiger partial charge in [-0.15, -0.1) is 0 Å². The summed E-state index contributed by atoms with van der Waals surface area (Å²) in [4.78, 5) is 11.3. The number of aromatic nitrogens is 2. The van der Waals surface area contributed by atoms with Gasteiger partial charge in [0, 0.05) is 18.7 Å². The predicted octanol–water partition coefficient (Wildman–Crippen LogP) is 2.75. The average Bonchev–Trinajstić information content (AvgIpc) is 2.69. The van der Waals surface area contributed by atoms with Crippen molar-refractivity contribution in [1.82, 2.24) is 9.78 Å². The van der Waals surface area contributed by atoms with Gasteiger partial charge in [-0.05, 0) is 31.7 Å². The topological polar surface area (TPSA) is 55.1 Å². The van der Waals surface area contributed by atoms with E-state index < -0.39 is 5.97 Å². The molecule has 0 aliphatic carbocycles. The van der Waals surface area contributed by atoms with Crippen LogP contribution < -0.4 is 0 Å². The largest absolute Gasteiger partial charge is 0.481 e. The number of hydrogen-bond donors (Lipinski definition) is 1. The Morgan fingerprint density at radius 1 is 1.44 bits per heavy atom. The van der Waals surface area contributed by atoms with Crippen LogP contribution in [0.5, 0.6) is 0 Å². The number of nitrogens with zero attached hydrogens (tertiary/aromatic N) is 2. The van der Waals surface area contributed by atoms with Crippen molar-refractivity contribution in [3.63, 3.8) is 0 Å². The minimum atomic E-state index is -0.703. The molecule has 0 aromatic carbocycles. The average molecular weight is 252 g/mol. The van der Waals surface area contributed by atoms with E-state index in [-0.39, 0.29) is 5.92 Å². The molecular weight excluding hydrogens is 228 g/mol. The molecule has 0 amide bonds. The maximum absolute atomic E-state index is 11.3. The van der Waals surface area contributed by atoms with Crippen LogP contribution >= 0.6 is 0 Å². The zero-order chi connectivity index (χ0) is 13.7. The van der Waals surface area contributed by atoms with Crippen LogP contribution in [0, 0.1) is 11.8 Å². The van der Waals surface area contributed by atoms with E-state index in [1.807, 2.05) is 17.7 Å². The van der Waals surface area contributed by atoms with Gasteiger partial charge in [0.2, 0.25) is 0 Å². The summed E-state index contributed by atoms with van der Waals surface area (Å²) in [7, 11) is 0. The van der Waals surface area contributed by atoms with E-state index in [0.717, 1.165) is 24.4 Å². The van der Waals surface area contributed by atoms with Crippen molar-refractivity contribution in [3.05, 3.63) is 17.5 Å². The van der Waals surface area contributed by atoms with Crippen molar-refractivity contribution in [2.24, 2.45) is 11.8 Å². The first-order chi connectivity index (χ1) is 8.47. The fourth-order valence-electron chi connectivity index (χ4n) is 2.22. The quantitative estimate of drug-likeness (QED) is 0.811. The highest BCUT2D eigenvalue weighted by atomic mass is 16.4. The third kappa shape index (κ3) is 3.86. The first kappa shape index (κ1) is 14.7. The minimum absolute atomic E-state index is 0.309. The summed E-state index contributed by atoms with van der Waals surface area (Å²) in [5, 5.41) is 13.7. The summed E-state index contributed by atoms with van der Waals surface area (Å²) in [5.74, 6) is -0.614. The fraction of sp³-hybridized carbons (Fsp3) is 0.714. The highest BCUT2D eigenvalue weighted by Gasteiger charge is 2.21. The first-order valence-electron chi connectivity index (χ1n) is 6.76. The number of carboxylic acid groups (broad SMARTS) is 1. The van der Waals surface area contributed by atoms with Crippen molar-refractivity contribution in [2.45, 2.75) is 53.5 Å². The molecule has 1 unspecified atom stereocenters. The Morgan fingerprint density at radius 3 is 2.56 bits per heavy atom. The Morgan fingerprint density at radius 2 is 2.11 bits per heavy atom. The van der Waals surface area contributed by atoms with Gasteiger partial charge in [0.1, 0.15) is 0 Å². The van der Waals surface area contributed by atoms with Crippen molar-refractivity contribution in [1.29, 1.82) is 0 Å². The first-order valence-corrected chi connectivity index (χ1v) is 6.76. The lowest BCUT2D eigenvalue weighted by Gasteiger charge is -2.15. The van der Waals surface area contributed by atoms with E-state index >= 15 is 0 Å². The molecule has 1 atom stereocenters. The van der Waals surface area contributed by atoms with Crippen LogP contribution in [0.1, 0.15) is 45.5 Å². The van der Waals surface area contributed by atoms with E-state index in [1.165, 1.54) is 0 Å². The van der Waals surface area contributed by atoms with E-state index in [0.29, 0.717) is 18.8 Å². The SMILES string of the molecule is CCc1cc(CC(CC(C)C)C(=O)O)n(CC)n1. The summed E-state index contributed by atoms with van der Waals surface area (Å²) in [5.41, 5.74) is 2.09. The highest BCUT2D eigenvalue weighted by Crippen LogP contribution is 2.18. The van der Waals surface area contributed by atoms with Gasteiger partial charge in [0.05, 0.1) is 11.6 Å². The van der Waals surface area contributed by atoms with Crippen LogP contribution in [-0.2, 0) is 24.2 Å². The van der Waals surface area contributed by atoms with Gasteiger partial charge in [0.25, 0.3) is 0 Å². The Labute approximate surface area is 109 Å². The van der Waals surface area contributed by atoms with Crippen molar-refractivity contribution in [2.75, 3.05) is 0 Å². The van der Waals surface area contributed by atoms with Crippen LogP contribution in [-0.4, -0.2) is 20.9 Å². The molecule has 1 N–H and O–H groups in total. The summed E-state index contributed by atoms with van der Waals surface area (Å²) in [6, 6.07) is 2.04. The van der Waals surface area contributed by atoms with Crippen molar-refractivity contribution >= 4 is 5.97 Å². The van der Waals surface area contributed by atoms with E-state index in [2.05, 4.69) is 25.9 Å². The molecule has 0 saturated heterocycles. The summed E-state index contributed by atoms with van der Waals surface area (Å²) in [6.45, 7) is 9.02. The molecule has 0 radical (unpaired) electrons. The van der Waals surface area contributed by atoms with Gasteiger partial charge in [-0.1, -0.05) is 20.8 Å². The molecule has 0 saturated carbocycles. The summed E-state index contributed by atoms with van der Waals surface area (Å²) in [6.07, 6.45) is 2.18. The second-order valence-electron chi connectivity index (χ2n) is 5.17. The maximum atomic E-state index is 11.3. The summed E-state index contributed by atoms with van der Waals surface area (Å²) >= 11 is 0. The van der Waals surface area contributed by atoms with Crippen LogP contribution in [0.3, 0.4) is 0 Å². The lowest BCUT2D eigenvalue weighted by atomic mass is 9.93. The molecule has 1 aromatic rings. The second-order valence-corrected chi connectivity index (χ2v) is 5.17. The number of aryl methyl sites for hydroxylation is 2. The third-order valence-electron chi connectivity index (χ3n) is 3.14. The Balaban J connectivity index is 2.85. The van der Waals surface area contributed by atoms with Gasteiger partial charge in [-0.3, -0.25) is 9.48 Å². The van der Waals surface area contributed by atoms with Gasteiger partial charge in [-0.25, -0.2) is 0 Å². The van der Waals surface area contributed by atoms with Crippen molar-refractivity contribution < 1.29 is 9.90 Å². The molecule has 0 bridgehead atoms. The lowest BCUT2D eigenvalue weighted by molar-refractivity contribution is -0.142. The molecule has 102 valence electrons. The Bertz CT molecular complexity index is 396. The fourth-order valence-corrected chi connectivity index (χ4v) is 2.22. The monoisotopic (exact) mass is 252 g/mol. The van der Waals surface area contributed by atoms with Gasteiger partial charge in [0.15, 0.2) is 0 Å². The van der Waals surface area contributed by atoms with Crippen LogP contribution in [0.15, 0.2) is 6.07 Å². The van der Waals surface area contributed by atoms with E-state index in [4.69, 9.17) is 0 Å². The van der Waals surface area contributed by atoms with Gasteiger partial charge in [-0.2, -0.15) is 5.10 Å². The van der Waals surface area contributed by atoms with Gasteiger partial charge >= 0.3 is 5.97 Å². The number of carbonyl (C=O) groups is 1. The number of rotatable bonds is 7. The van der Waals surface area contributed by atoms with Crippen LogP contribution in [0.4, 0.5) is 0 Å². The van der Waals surface area contributed by atoms with Crippen molar-refractivity contribution in [3.8, 4) is 0 Å². The molecule has 0 aliphatic rings. The zero-order valence-corrected chi connectivity index (χ0v) is 11.8. The zero-order valence-electron chi connectivity index (χ0n) is 11.8. The third-order valence-corrected chi connectivity index (χ3v) is 3.14. The normalized spacial score (nSPS) is 12.9. The second kappa shape index (κ2) is 6.57. The van der Waals surface area contributed by atoms with Crippen LogP contribution in [0.25, 0.3) is 0 Å². The molecule has 0 spiro atoms. The standard InChI is InChI=1S/C14H24N2O2/c1-5-12-9-13(16(6-2)15-12)8-11(14(17)18)7-10(3)4/h9-11H,5-8H2,1-4H3,(H,17,18). The minimum Gasteiger partial charge on any atom is -0.481 e. The van der Waals surface area contributed by atoms with Crippen LogP contribution in [0.2, 0.25) is 0 Å². The number of carboxylic acids is 1. The molecule has 1 aromatic heterocycles. The van der Waals surface area contributed by atoms with E-state index in [1.54, 1.807) is 0 Å². The molecule has 18 heavy (non-hydrogen) atoms. The molecule has 1 heterocycles. The molecule has 0 fully saturated rings. The molecule has 4 heteroatoms.